The van der Waals surface area contributed by atoms with Crippen molar-refractivity contribution in [2.24, 2.45) is 5.92 Å². The van der Waals surface area contributed by atoms with E-state index in [9.17, 15) is 4.79 Å². The van der Waals surface area contributed by atoms with Gasteiger partial charge in [0.1, 0.15) is 5.82 Å². The number of anilines is 2. The molecular formula is C23H21N5O. The van der Waals surface area contributed by atoms with Crippen molar-refractivity contribution in [2.45, 2.75) is 12.8 Å². The quantitative estimate of drug-likeness (QED) is 0.578. The minimum absolute atomic E-state index is 0.0101. The smallest absolute Gasteiger partial charge is 0.228 e. The molecule has 4 aromatic rings. The van der Waals surface area contributed by atoms with E-state index in [0.29, 0.717) is 11.5 Å². The maximum Gasteiger partial charge on any atom is 0.228 e. The second-order valence-corrected chi connectivity index (χ2v) is 7.37. The molecule has 1 aliphatic heterocycles. The molecule has 1 N–H and O–H groups in total. The summed E-state index contributed by atoms with van der Waals surface area (Å²) in [4.78, 5) is 28.0. The Hall–Kier alpha value is -3.54. The van der Waals surface area contributed by atoms with Gasteiger partial charge in [-0.2, -0.15) is 0 Å². The number of amides is 1. The van der Waals surface area contributed by atoms with Crippen LogP contribution in [-0.4, -0.2) is 33.9 Å². The van der Waals surface area contributed by atoms with Gasteiger partial charge in [0.2, 0.25) is 5.91 Å². The summed E-state index contributed by atoms with van der Waals surface area (Å²) in [5.74, 6) is 0.587. The topological polar surface area (TPSA) is 71.0 Å². The van der Waals surface area contributed by atoms with E-state index in [1.165, 1.54) is 11.1 Å². The van der Waals surface area contributed by atoms with Crippen LogP contribution in [0.1, 0.15) is 12.8 Å². The molecule has 1 aromatic carbocycles. The van der Waals surface area contributed by atoms with Crippen LogP contribution in [0.25, 0.3) is 21.8 Å². The van der Waals surface area contributed by atoms with Crippen molar-refractivity contribution >= 4 is 39.2 Å². The zero-order chi connectivity index (χ0) is 19.6. The zero-order valence-corrected chi connectivity index (χ0v) is 16.0. The molecule has 0 spiro atoms. The monoisotopic (exact) mass is 383 g/mol. The van der Waals surface area contributed by atoms with Crippen LogP contribution in [0.5, 0.6) is 0 Å². The highest BCUT2D eigenvalue weighted by molar-refractivity contribution is 5.95. The number of nitrogens with zero attached hydrogens (tertiary/aromatic N) is 4. The first-order chi connectivity index (χ1) is 14.3. The normalized spacial score (nSPS) is 15.0. The summed E-state index contributed by atoms with van der Waals surface area (Å²) in [6, 6.07) is 16.0. The minimum atomic E-state index is -0.0101. The summed E-state index contributed by atoms with van der Waals surface area (Å²) in [6.45, 7) is 1.71. The van der Waals surface area contributed by atoms with Gasteiger partial charge in [-0.05, 0) is 49.2 Å². The van der Waals surface area contributed by atoms with Crippen molar-refractivity contribution in [3.63, 3.8) is 0 Å². The lowest BCUT2D eigenvalue weighted by atomic mass is 9.95. The largest absolute Gasteiger partial charge is 0.371 e. The minimum Gasteiger partial charge on any atom is -0.371 e. The molecule has 1 saturated heterocycles. The lowest BCUT2D eigenvalue weighted by molar-refractivity contribution is -0.120. The van der Waals surface area contributed by atoms with Gasteiger partial charge < -0.3 is 10.2 Å². The van der Waals surface area contributed by atoms with Crippen LogP contribution in [0.15, 0.2) is 67.1 Å². The molecule has 0 radical (unpaired) electrons. The number of carbonyl (C=O) groups is 1. The molecule has 29 heavy (non-hydrogen) atoms. The number of hydrogen-bond acceptors (Lipinski definition) is 5. The van der Waals surface area contributed by atoms with E-state index < -0.39 is 0 Å². The second kappa shape index (κ2) is 7.47. The van der Waals surface area contributed by atoms with Crippen molar-refractivity contribution < 1.29 is 4.79 Å². The molecule has 1 fully saturated rings. The van der Waals surface area contributed by atoms with Crippen LogP contribution in [0, 0.1) is 5.92 Å². The molecule has 0 aliphatic carbocycles. The number of hydrogen-bond donors (Lipinski definition) is 1. The summed E-state index contributed by atoms with van der Waals surface area (Å²) in [6.07, 6.45) is 7.07. The standard InChI is InChI=1S/C23H21N5O/c29-23(27-21-7-6-16-4-2-11-25-22(16)26-21)17-9-13-28(14-10-17)20-5-1-3-18-15-24-12-8-19(18)20/h1-8,11-12,15,17H,9-10,13-14H2,(H,25,26,27,29). The van der Waals surface area contributed by atoms with Crippen LogP contribution < -0.4 is 10.2 Å². The molecule has 6 nitrogen and oxygen atoms in total. The third kappa shape index (κ3) is 3.49. The fourth-order valence-corrected chi connectivity index (χ4v) is 4.01. The lowest BCUT2D eigenvalue weighted by Crippen LogP contribution is -2.38. The van der Waals surface area contributed by atoms with Crippen molar-refractivity contribution in [1.82, 2.24) is 15.0 Å². The molecule has 0 bridgehead atoms. The number of carbonyl (C=O) groups excluding carboxylic acids is 1. The number of piperidine rings is 1. The van der Waals surface area contributed by atoms with Crippen LogP contribution in [0.4, 0.5) is 11.5 Å². The molecule has 0 saturated carbocycles. The number of nitrogens with one attached hydrogen (secondary N) is 1. The van der Waals surface area contributed by atoms with Gasteiger partial charge in [0.05, 0.1) is 0 Å². The Morgan fingerprint density at radius 2 is 1.83 bits per heavy atom. The first kappa shape index (κ1) is 17.6. The van der Waals surface area contributed by atoms with E-state index in [1.54, 1.807) is 6.20 Å². The van der Waals surface area contributed by atoms with E-state index >= 15 is 0 Å². The molecule has 0 unspecified atom stereocenters. The maximum atomic E-state index is 12.8. The molecule has 4 heterocycles. The number of pyridine rings is 3. The van der Waals surface area contributed by atoms with Crippen molar-refractivity contribution in [2.75, 3.05) is 23.3 Å². The Balaban J connectivity index is 1.26. The number of fused-ring (bicyclic) bond motifs is 2. The van der Waals surface area contributed by atoms with Crippen LogP contribution >= 0.6 is 0 Å². The fraction of sp³-hybridized carbons (Fsp3) is 0.217. The van der Waals surface area contributed by atoms with E-state index in [0.717, 1.165) is 36.7 Å². The summed E-state index contributed by atoms with van der Waals surface area (Å²) >= 11 is 0. The molecule has 6 heteroatoms. The second-order valence-electron chi connectivity index (χ2n) is 7.37. The average Bonchev–Trinajstić information content (AvgIpc) is 2.79. The molecule has 5 rings (SSSR count). The predicted molar refractivity (Wildman–Crippen MR) is 115 cm³/mol. The van der Waals surface area contributed by atoms with Crippen LogP contribution in [-0.2, 0) is 4.79 Å². The fourth-order valence-electron chi connectivity index (χ4n) is 4.01. The van der Waals surface area contributed by atoms with Crippen molar-refractivity contribution in [3.05, 3.63) is 67.1 Å². The third-order valence-corrected chi connectivity index (χ3v) is 5.58. The summed E-state index contributed by atoms with van der Waals surface area (Å²) in [5, 5.41) is 6.28. The van der Waals surface area contributed by atoms with Crippen molar-refractivity contribution in [1.29, 1.82) is 0 Å². The SMILES string of the molecule is O=C(Nc1ccc2cccnc2n1)C1CCN(c2cccc3cnccc23)CC1. The van der Waals surface area contributed by atoms with E-state index in [2.05, 4.69) is 49.4 Å². The van der Waals surface area contributed by atoms with Gasteiger partial charge in [-0.25, -0.2) is 9.97 Å². The Kier molecular flexibility index (Phi) is 4.52. The zero-order valence-electron chi connectivity index (χ0n) is 16.0. The highest BCUT2D eigenvalue weighted by Gasteiger charge is 2.26. The Morgan fingerprint density at radius 3 is 2.72 bits per heavy atom. The van der Waals surface area contributed by atoms with E-state index in [-0.39, 0.29) is 11.8 Å². The van der Waals surface area contributed by atoms with Gasteiger partial charge in [-0.1, -0.05) is 12.1 Å². The molecule has 1 aliphatic rings. The lowest BCUT2D eigenvalue weighted by Gasteiger charge is -2.33. The molecule has 1 amide bonds. The number of aromatic nitrogens is 3. The number of rotatable bonds is 3. The summed E-state index contributed by atoms with van der Waals surface area (Å²) < 4.78 is 0. The van der Waals surface area contributed by atoms with Crippen LogP contribution in [0.2, 0.25) is 0 Å². The average molecular weight is 383 g/mol. The van der Waals surface area contributed by atoms with Crippen LogP contribution in [0.3, 0.4) is 0 Å². The highest BCUT2D eigenvalue weighted by Crippen LogP contribution is 2.30. The first-order valence-electron chi connectivity index (χ1n) is 9.88. The number of benzene rings is 1. The Bertz CT molecular complexity index is 1180. The van der Waals surface area contributed by atoms with Crippen molar-refractivity contribution in [3.8, 4) is 0 Å². The highest BCUT2D eigenvalue weighted by atomic mass is 16.1. The third-order valence-electron chi connectivity index (χ3n) is 5.58. The van der Waals surface area contributed by atoms with Gasteiger partial charge in [0.15, 0.2) is 5.65 Å². The van der Waals surface area contributed by atoms with Gasteiger partial charge in [-0.3, -0.25) is 9.78 Å². The molecule has 144 valence electrons. The molecule has 0 atom stereocenters. The summed E-state index contributed by atoms with van der Waals surface area (Å²) in [5.41, 5.74) is 1.86. The Labute approximate surface area is 168 Å². The van der Waals surface area contributed by atoms with Gasteiger partial charge in [0.25, 0.3) is 0 Å². The molecule has 3 aromatic heterocycles. The summed E-state index contributed by atoms with van der Waals surface area (Å²) in [7, 11) is 0. The first-order valence-corrected chi connectivity index (χ1v) is 9.88. The predicted octanol–water partition coefficient (Wildman–Crippen LogP) is 4.03. The van der Waals surface area contributed by atoms with E-state index in [4.69, 9.17) is 0 Å². The van der Waals surface area contributed by atoms with Gasteiger partial charge in [-0.15, -0.1) is 0 Å². The van der Waals surface area contributed by atoms with Gasteiger partial charge >= 0.3 is 0 Å². The van der Waals surface area contributed by atoms with Gasteiger partial charge in [0, 0.05) is 59.4 Å². The maximum absolute atomic E-state index is 12.8. The van der Waals surface area contributed by atoms with E-state index in [1.807, 2.05) is 36.7 Å². The molecular weight excluding hydrogens is 362 g/mol. The Morgan fingerprint density at radius 1 is 0.966 bits per heavy atom.